The van der Waals surface area contributed by atoms with Gasteiger partial charge >= 0.3 is 0 Å². The lowest BCUT2D eigenvalue weighted by Gasteiger charge is -2.11. The van der Waals surface area contributed by atoms with Crippen LogP contribution in [0.1, 0.15) is 11.3 Å². The van der Waals surface area contributed by atoms with Crippen molar-refractivity contribution in [3.05, 3.63) is 52.8 Å². The van der Waals surface area contributed by atoms with E-state index in [0.717, 1.165) is 0 Å². The lowest BCUT2D eigenvalue weighted by atomic mass is 10.2. The van der Waals surface area contributed by atoms with Gasteiger partial charge in [0.15, 0.2) is 11.5 Å². The van der Waals surface area contributed by atoms with Crippen LogP contribution in [0.5, 0.6) is 11.5 Å². The Morgan fingerprint density at radius 1 is 1.27 bits per heavy atom. The summed E-state index contributed by atoms with van der Waals surface area (Å²) in [5, 5.41) is 18.8. The molecule has 2 aromatic rings. The van der Waals surface area contributed by atoms with E-state index >= 15 is 0 Å². The zero-order valence-corrected chi connectivity index (χ0v) is 12.9. The Balaban J connectivity index is 1.83. The molecule has 0 atom stereocenters. The molecule has 2 N–H and O–H groups in total. The minimum absolute atomic E-state index is 0.206. The molecule has 1 amide bonds. The normalized spacial score (nSPS) is 16.7. The number of phenols is 2. The summed E-state index contributed by atoms with van der Waals surface area (Å²) in [4.78, 5) is 14.3. The van der Waals surface area contributed by atoms with Crippen LogP contribution >= 0.6 is 24.0 Å². The van der Waals surface area contributed by atoms with Crippen LogP contribution in [0.2, 0.25) is 0 Å². The molecule has 2 heterocycles. The van der Waals surface area contributed by atoms with Crippen LogP contribution in [-0.2, 0) is 11.3 Å². The molecule has 0 bridgehead atoms. The highest BCUT2D eigenvalue weighted by Crippen LogP contribution is 2.34. The van der Waals surface area contributed by atoms with Gasteiger partial charge < -0.3 is 14.6 Å². The van der Waals surface area contributed by atoms with E-state index in [0.29, 0.717) is 20.5 Å². The molecule has 5 nitrogen and oxygen atoms in total. The number of thiocarbonyl (C=S) groups is 1. The van der Waals surface area contributed by atoms with Gasteiger partial charge in [0.25, 0.3) is 5.91 Å². The standard InChI is InChI=1S/C15H11NO4S2/c17-11-4-3-9(6-12(11)18)7-13-14(19)16(15(21)22-13)8-10-2-1-5-20-10/h1-7,17-18H,8H2/b13-7-. The van der Waals surface area contributed by atoms with Crippen molar-refractivity contribution in [2.75, 3.05) is 0 Å². The number of carbonyl (C=O) groups excluding carboxylic acids is 1. The van der Waals surface area contributed by atoms with Gasteiger partial charge in [-0.2, -0.15) is 0 Å². The zero-order chi connectivity index (χ0) is 15.7. The molecule has 1 saturated heterocycles. The smallest absolute Gasteiger partial charge is 0.266 e. The molecule has 0 radical (unpaired) electrons. The van der Waals surface area contributed by atoms with E-state index in [1.165, 1.54) is 28.8 Å². The third-order valence-corrected chi connectivity index (χ3v) is 4.44. The van der Waals surface area contributed by atoms with Crippen LogP contribution < -0.4 is 0 Å². The summed E-state index contributed by atoms with van der Waals surface area (Å²) in [5.41, 5.74) is 0.605. The molecule has 1 aromatic heterocycles. The van der Waals surface area contributed by atoms with Crippen molar-refractivity contribution in [2.24, 2.45) is 0 Å². The number of benzene rings is 1. The predicted octanol–water partition coefficient (Wildman–Crippen LogP) is 3.09. The van der Waals surface area contributed by atoms with Gasteiger partial charge in [0.2, 0.25) is 0 Å². The summed E-state index contributed by atoms with van der Waals surface area (Å²) in [6, 6.07) is 7.88. The van der Waals surface area contributed by atoms with E-state index in [4.69, 9.17) is 16.6 Å². The molecule has 0 spiro atoms. The average Bonchev–Trinajstić information content (AvgIpc) is 3.08. The SMILES string of the molecule is O=C1/C(=C/c2ccc(O)c(O)c2)SC(=S)N1Cc1ccco1. The number of furan rings is 1. The van der Waals surface area contributed by atoms with Crippen molar-refractivity contribution in [1.29, 1.82) is 0 Å². The molecule has 0 saturated carbocycles. The number of aromatic hydroxyl groups is 2. The van der Waals surface area contributed by atoms with Gasteiger partial charge in [0.1, 0.15) is 10.1 Å². The van der Waals surface area contributed by atoms with Gasteiger partial charge in [0, 0.05) is 0 Å². The van der Waals surface area contributed by atoms with Gasteiger partial charge in [-0.05, 0) is 35.9 Å². The van der Waals surface area contributed by atoms with Crippen molar-refractivity contribution >= 4 is 40.3 Å². The summed E-state index contributed by atoms with van der Waals surface area (Å²) in [7, 11) is 0. The summed E-state index contributed by atoms with van der Waals surface area (Å²) in [5.74, 6) is 0.00104. The maximum atomic E-state index is 12.4. The third kappa shape index (κ3) is 2.86. The van der Waals surface area contributed by atoms with E-state index in [2.05, 4.69) is 0 Å². The molecular formula is C15H11NO4S2. The third-order valence-electron chi connectivity index (χ3n) is 3.06. The summed E-state index contributed by atoms with van der Waals surface area (Å²) in [6.45, 7) is 0.288. The highest BCUT2D eigenvalue weighted by Gasteiger charge is 2.32. The quantitative estimate of drug-likeness (QED) is 0.511. The minimum atomic E-state index is -0.236. The lowest BCUT2D eigenvalue weighted by Crippen LogP contribution is -2.27. The molecule has 112 valence electrons. The fourth-order valence-corrected chi connectivity index (χ4v) is 3.23. The van der Waals surface area contributed by atoms with Crippen LogP contribution in [0.15, 0.2) is 45.9 Å². The molecule has 1 aromatic carbocycles. The second-order valence-corrected chi connectivity index (χ2v) is 6.27. The Morgan fingerprint density at radius 2 is 2.09 bits per heavy atom. The first-order valence-corrected chi connectivity index (χ1v) is 7.57. The molecular weight excluding hydrogens is 322 g/mol. The van der Waals surface area contributed by atoms with Crippen LogP contribution in [-0.4, -0.2) is 25.3 Å². The Kier molecular flexibility index (Phi) is 3.91. The molecule has 3 rings (SSSR count). The Hall–Kier alpha value is -2.25. The molecule has 0 aliphatic carbocycles. The second-order valence-electron chi connectivity index (χ2n) is 4.60. The number of nitrogens with zero attached hydrogens (tertiary/aromatic N) is 1. The van der Waals surface area contributed by atoms with E-state index < -0.39 is 0 Å². The van der Waals surface area contributed by atoms with Gasteiger partial charge in [-0.3, -0.25) is 9.69 Å². The largest absolute Gasteiger partial charge is 0.504 e. The van der Waals surface area contributed by atoms with Gasteiger partial charge in [-0.1, -0.05) is 30.0 Å². The molecule has 1 fully saturated rings. The molecule has 1 aliphatic heterocycles. The predicted molar refractivity (Wildman–Crippen MR) is 87.2 cm³/mol. The fraction of sp³-hybridized carbons (Fsp3) is 0.0667. The number of rotatable bonds is 3. The van der Waals surface area contributed by atoms with E-state index in [1.54, 1.807) is 30.5 Å². The molecule has 0 unspecified atom stereocenters. The monoisotopic (exact) mass is 333 g/mol. The van der Waals surface area contributed by atoms with E-state index in [-0.39, 0.29) is 24.0 Å². The Bertz CT molecular complexity index is 768. The summed E-state index contributed by atoms with van der Waals surface area (Å²) in [6.07, 6.45) is 3.17. The molecule has 22 heavy (non-hydrogen) atoms. The molecule has 7 heteroatoms. The minimum Gasteiger partial charge on any atom is -0.504 e. The topological polar surface area (TPSA) is 73.9 Å². The van der Waals surface area contributed by atoms with Crippen molar-refractivity contribution in [1.82, 2.24) is 4.90 Å². The van der Waals surface area contributed by atoms with Crippen molar-refractivity contribution in [3.63, 3.8) is 0 Å². The number of phenolic OH excluding ortho intramolecular Hbond substituents is 2. The first-order chi connectivity index (χ1) is 10.5. The average molecular weight is 333 g/mol. The first kappa shape index (κ1) is 14.7. The Labute approximate surface area is 135 Å². The fourth-order valence-electron chi connectivity index (χ4n) is 1.98. The number of amides is 1. The van der Waals surface area contributed by atoms with Crippen molar-refractivity contribution < 1.29 is 19.4 Å². The van der Waals surface area contributed by atoms with Gasteiger partial charge in [-0.25, -0.2) is 0 Å². The maximum Gasteiger partial charge on any atom is 0.266 e. The Morgan fingerprint density at radius 3 is 2.77 bits per heavy atom. The summed E-state index contributed by atoms with van der Waals surface area (Å²) >= 11 is 6.42. The number of hydrogen-bond donors (Lipinski definition) is 2. The zero-order valence-electron chi connectivity index (χ0n) is 11.2. The highest BCUT2D eigenvalue weighted by molar-refractivity contribution is 8.26. The van der Waals surface area contributed by atoms with E-state index in [1.807, 2.05) is 0 Å². The van der Waals surface area contributed by atoms with Crippen molar-refractivity contribution in [3.8, 4) is 11.5 Å². The van der Waals surface area contributed by atoms with Crippen LogP contribution in [0, 0.1) is 0 Å². The van der Waals surface area contributed by atoms with Crippen molar-refractivity contribution in [2.45, 2.75) is 6.54 Å². The highest BCUT2D eigenvalue weighted by atomic mass is 32.2. The lowest BCUT2D eigenvalue weighted by molar-refractivity contribution is -0.122. The van der Waals surface area contributed by atoms with Crippen LogP contribution in [0.3, 0.4) is 0 Å². The second kappa shape index (κ2) is 5.86. The van der Waals surface area contributed by atoms with E-state index in [9.17, 15) is 15.0 Å². The molecule has 1 aliphatic rings. The number of hydrogen-bond acceptors (Lipinski definition) is 6. The van der Waals surface area contributed by atoms with Crippen LogP contribution in [0.25, 0.3) is 6.08 Å². The first-order valence-electron chi connectivity index (χ1n) is 6.34. The number of carbonyl (C=O) groups is 1. The summed E-state index contributed by atoms with van der Waals surface area (Å²) < 4.78 is 5.69. The number of thioether (sulfide) groups is 1. The van der Waals surface area contributed by atoms with Crippen LogP contribution in [0.4, 0.5) is 0 Å². The van der Waals surface area contributed by atoms with Gasteiger partial charge in [0.05, 0.1) is 17.7 Å². The van der Waals surface area contributed by atoms with Gasteiger partial charge in [-0.15, -0.1) is 0 Å². The maximum absolute atomic E-state index is 12.4.